The molecule has 2 rings (SSSR count). The molecule has 6 nitrogen and oxygen atoms in total. The zero-order valence-corrected chi connectivity index (χ0v) is 11.2. The maximum Gasteiger partial charge on any atom is 0.269 e. The molecule has 1 amide bonds. The number of pyridine rings is 1. The van der Waals surface area contributed by atoms with Crippen LogP contribution in [0.15, 0.2) is 24.4 Å². The molecule has 2 atom stereocenters. The fraction of sp³-hybridized carbons (Fsp3) is 0.500. The highest BCUT2D eigenvalue weighted by atomic mass is 35.5. The van der Waals surface area contributed by atoms with Crippen molar-refractivity contribution in [3.05, 3.63) is 30.1 Å². The molecule has 4 N–H and O–H groups in total. The first-order valence-electron chi connectivity index (χ1n) is 5.92. The summed E-state index contributed by atoms with van der Waals surface area (Å²) in [7, 11) is 0. The molecule has 1 aromatic rings. The van der Waals surface area contributed by atoms with Crippen molar-refractivity contribution in [1.82, 2.24) is 15.6 Å². The predicted molar refractivity (Wildman–Crippen MR) is 72.3 cm³/mol. The van der Waals surface area contributed by atoms with E-state index in [0.29, 0.717) is 25.2 Å². The van der Waals surface area contributed by atoms with Gasteiger partial charge in [0.25, 0.3) is 5.91 Å². The molecule has 1 fully saturated rings. The molecule has 19 heavy (non-hydrogen) atoms. The van der Waals surface area contributed by atoms with E-state index in [9.17, 15) is 15.0 Å². The molecule has 1 aliphatic heterocycles. The largest absolute Gasteiger partial charge is 0.389 e. The van der Waals surface area contributed by atoms with E-state index in [0.717, 1.165) is 0 Å². The third kappa shape index (κ3) is 3.87. The van der Waals surface area contributed by atoms with Crippen LogP contribution in [0.2, 0.25) is 0 Å². The van der Waals surface area contributed by atoms with Crippen molar-refractivity contribution in [1.29, 1.82) is 0 Å². The van der Waals surface area contributed by atoms with Gasteiger partial charge in [0, 0.05) is 19.3 Å². The van der Waals surface area contributed by atoms with Crippen LogP contribution < -0.4 is 10.6 Å². The molecule has 0 unspecified atom stereocenters. The smallest absolute Gasteiger partial charge is 0.269 e. The third-order valence-corrected chi connectivity index (χ3v) is 3.15. The standard InChI is InChI=1S/C12H17N3O3.ClH/c16-10-7-13-6-4-12(10,18)8-15-11(17)9-3-1-2-5-14-9;/h1-3,5,10,13,16,18H,4,6-8H2,(H,15,17);1H/t10-,12-;/m1./s1. The summed E-state index contributed by atoms with van der Waals surface area (Å²) in [5.41, 5.74) is -0.972. The second-order valence-corrected chi connectivity index (χ2v) is 4.47. The number of hydrogen-bond donors (Lipinski definition) is 4. The summed E-state index contributed by atoms with van der Waals surface area (Å²) in [6.45, 7) is 0.966. The average Bonchev–Trinajstić information content (AvgIpc) is 2.41. The van der Waals surface area contributed by atoms with Gasteiger partial charge in [-0.3, -0.25) is 9.78 Å². The summed E-state index contributed by atoms with van der Waals surface area (Å²) in [4.78, 5) is 15.7. The van der Waals surface area contributed by atoms with Gasteiger partial charge in [0.15, 0.2) is 0 Å². The molecular formula is C12H18ClN3O3. The molecule has 0 bridgehead atoms. The Balaban J connectivity index is 0.00000180. The van der Waals surface area contributed by atoms with Gasteiger partial charge in [0.2, 0.25) is 0 Å². The van der Waals surface area contributed by atoms with Crippen molar-refractivity contribution in [2.24, 2.45) is 0 Å². The van der Waals surface area contributed by atoms with E-state index < -0.39 is 11.7 Å². The van der Waals surface area contributed by atoms with Crippen LogP contribution in [0.25, 0.3) is 0 Å². The average molecular weight is 288 g/mol. The van der Waals surface area contributed by atoms with Crippen LogP contribution in [0.4, 0.5) is 0 Å². The van der Waals surface area contributed by atoms with E-state index in [1.165, 1.54) is 6.20 Å². The van der Waals surface area contributed by atoms with Crippen LogP contribution in [0.1, 0.15) is 16.9 Å². The number of hydrogen-bond acceptors (Lipinski definition) is 5. The number of carbonyl (C=O) groups excluding carboxylic acids is 1. The number of halogens is 1. The fourth-order valence-corrected chi connectivity index (χ4v) is 1.93. The molecule has 0 aliphatic carbocycles. The number of aliphatic hydroxyl groups is 2. The number of piperidine rings is 1. The molecule has 0 saturated carbocycles. The van der Waals surface area contributed by atoms with E-state index in [2.05, 4.69) is 15.6 Å². The highest BCUT2D eigenvalue weighted by Crippen LogP contribution is 2.17. The zero-order valence-electron chi connectivity index (χ0n) is 10.4. The molecule has 0 radical (unpaired) electrons. The van der Waals surface area contributed by atoms with Crippen LogP contribution in [0, 0.1) is 0 Å². The number of β-amino-alcohol motifs (C(OH)–C–C–N with tert-alkyl or cyclic N) is 1. The lowest BCUT2D eigenvalue weighted by Gasteiger charge is -2.37. The predicted octanol–water partition coefficient (Wildman–Crippen LogP) is -0.681. The molecule has 0 aromatic carbocycles. The highest BCUT2D eigenvalue weighted by molar-refractivity contribution is 5.92. The van der Waals surface area contributed by atoms with Gasteiger partial charge in [-0.2, -0.15) is 0 Å². The molecule has 2 heterocycles. The Labute approximate surface area is 117 Å². The van der Waals surface area contributed by atoms with Gasteiger partial charge in [-0.1, -0.05) is 6.07 Å². The minimum atomic E-state index is -1.27. The van der Waals surface area contributed by atoms with E-state index in [4.69, 9.17) is 0 Å². The molecule has 1 aromatic heterocycles. The minimum absolute atomic E-state index is 0. The number of rotatable bonds is 3. The van der Waals surface area contributed by atoms with Gasteiger partial charge in [-0.15, -0.1) is 12.4 Å². The third-order valence-electron chi connectivity index (χ3n) is 3.15. The summed E-state index contributed by atoms with van der Waals surface area (Å²) in [6.07, 6.45) is 1.05. The van der Waals surface area contributed by atoms with Gasteiger partial charge in [0.05, 0.1) is 6.10 Å². The lowest BCUT2D eigenvalue weighted by molar-refractivity contribution is -0.0883. The lowest BCUT2D eigenvalue weighted by atomic mass is 9.89. The van der Waals surface area contributed by atoms with Crippen molar-refractivity contribution in [3.63, 3.8) is 0 Å². The Morgan fingerprint density at radius 1 is 1.58 bits per heavy atom. The summed E-state index contributed by atoms with van der Waals surface area (Å²) < 4.78 is 0. The van der Waals surface area contributed by atoms with Gasteiger partial charge in [-0.25, -0.2) is 0 Å². The number of aromatic nitrogens is 1. The maximum atomic E-state index is 11.8. The van der Waals surface area contributed by atoms with E-state index in [1.54, 1.807) is 18.2 Å². The number of nitrogens with zero attached hydrogens (tertiary/aromatic N) is 1. The van der Waals surface area contributed by atoms with Crippen molar-refractivity contribution in [3.8, 4) is 0 Å². The summed E-state index contributed by atoms with van der Waals surface area (Å²) in [5.74, 6) is -0.352. The van der Waals surface area contributed by atoms with Crippen LogP contribution in [0.3, 0.4) is 0 Å². The second-order valence-electron chi connectivity index (χ2n) is 4.47. The molecule has 7 heteroatoms. The first-order chi connectivity index (χ1) is 8.62. The van der Waals surface area contributed by atoms with E-state index >= 15 is 0 Å². The van der Waals surface area contributed by atoms with Crippen LogP contribution >= 0.6 is 12.4 Å². The second kappa shape index (κ2) is 6.81. The van der Waals surface area contributed by atoms with Crippen molar-refractivity contribution < 1.29 is 15.0 Å². The zero-order chi connectivity index (χ0) is 13.0. The topological polar surface area (TPSA) is 94.5 Å². The number of aliphatic hydroxyl groups excluding tert-OH is 1. The first-order valence-corrected chi connectivity index (χ1v) is 5.92. The minimum Gasteiger partial charge on any atom is -0.389 e. The van der Waals surface area contributed by atoms with Crippen molar-refractivity contribution in [2.45, 2.75) is 18.1 Å². The Morgan fingerprint density at radius 2 is 2.37 bits per heavy atom. The van der Waals surface area contributed by atoms with E-state index in [-0.39, 0.29) is 24.9 Å². The molecule has 106 valence electrons. The highest BCUT2D eigenvalue weighted by Gasteiger charge is 2.38. The van der Waals surface area contributed by atoms with Crippen LogP contribution in [0.5, 0.6) is 0 Å². The van der Waals surface area contributed by atoms with Gasteiger partial charge in [-0.05, 0) is 25.1 Å². The molecule has 1 aliphatic rings. The Kier molecular flexibility index (Phi) is 5.68. The summed E-state index contributed by atoms with van der Waals surface area (Å²) in [6, 6.07) is 5.04. The summed E-state index contributed by atoms with van der Waals surface area (Å²) in [5, 5.41) is 25.5. The van der Waals surface area contributed by atoms with Crippen molar-refractivity contribution >= 4 is 18.3 Å². The Bertz CT molecular complexity index is 418. The fourth-order valence-electron chi connectivity index (χ4n) is 1.93. The van der Waals surface area contributed by atoms with Gasteiger partial charge < -0.3 is 20.8 Å². The van der Waals surface area contributed by atoms with Gasteiger partial charge >= 0.3 is 0 Å². The summed E-state index contributed by atoms with van der Waals surface area (Å²) >= 11 is 0. The SMILES string of the molecule is Cl.O=C(NC[C@]1(O)CCNC[C@H]1O)c1ccccn1. The van der Waals surface area contributed by atoms with Crippen LogP contribution in [-0.2, 0) is 0 Å². The number of carbonyl (C=O) groups is 1. The Hall–Kier alpha value is -1.21. The number of nitrogens with one attached hydrogen (secondary N) is 2. The Morgan fingerprint density at radius 3 is 3.00 bits per heavy atom. The molecule has 0 spiro atoms. The maximum absolute atomic E-state index is 11.8. The van der Waals surface area contributed by atoms with Gasteiger partial charge in [0.1, 0.15) is 11.3 Å². The monoisotopic (exact) mass is 287 g/mol. The first kappa shape index (κ1) is 15.8. The van der Waals surface area contributed by atoms with E-state index in [1.807, 2.05) is 0 Å². The number of amides is 1. The normalized spacial score (nSPS) is 26.3. The molecule has 1 saturated heterocycles. The lowest BCUT2D eigenvalue weighted by Crippen LogP contribution is -2.59. The quantitative estimate of drug-likeness (QED) is 0.591. The van der Waals surface area contributed by atoms with Crippen molar-refractivity contribution in [2.75, 3.05) is 19.6 Å². The van der Waals surface area contributed by atoms with Crippen LogP contribution in [-0.4, -0.2) is 52.4 Å². The molecular weight excluding hydrogens is 270 g/mol.